The largest absolute Gasteiger partial charge is 0.369 e. The molecule has 0 radical (unpaired) electrons. The van der Waals surface area contributed by atoms with Crippen molar-refractivity contribution in [2.24, 2.45) is 0 Å². The Morgan fingerprint density at radius 2 is 1.75 bits per heavy atom. The minimum atomic E-state index is -3.64. The number of aryl methyl sites for hydroxylation is 2. The molecular weight excluding hydrogens is 420 g/mol. The van der Waals surface area contributed by atoms with Crippen molar-refractivity contribution in [2.75, 3.05) is 37.6 Å². The summed E-state index contributed by atoms with van der Waals surface area (Å²) < 4.78 is 29.0. The van der Waals surface area contributed by atoms with Gasteiger partial charge in [0.25, 0.3) is 0 Å². The lowest BCUT2D eigenvalue weighted by Gasteiger charge is -2.36. The number of piperazine rings is 1. The lowest BCUT2D eigenvalue weighted by molar-refractivity contribution is 0.248. The summed E-state index contributed by atoms with van der Waals surface area (Å²) in [5.41, 5.74) is 4.09. The average Bonchev–Trinajstić information content (AvgIpc) is 2.77. The molecule has 0 spiro atoms. The van der Waals surface area contributed by atoms with E-state index in [9.17, 15) is 8.42 Å². The number of anilines is 1. The molecule has 7 heteroatoms. The van der Waals surface area contributed by atoms with Crippen molar-refractivity contribution in [3.8, 4) is 0 Å². The van der Waals surface area contributed by atoms with Crippen LogP contribution in [0.3, 0.4) is 0 Å². The number of benzene rings is 2. The van der Waals surface area contributed by atoms with Crippen molar-refractivity contribution in [1.82, 2.24) is 14.6 Å². The lowest BCUT2D eigenvalue weighted by Crippen LogP contribution is -2.47. The molecule has 1 unspecified atom stereocenters. The number of nitrogens with zero attached hydrogens (tertiary/aromatic N) is 3. The monoisotopic (exact) mass is 452 g/mol. The molecule has 0 amide bonds. The number of para-hydroxylation sites is 1. The van der Waals surface area contributed by atoms with Gasteiger partial charge in [-0.25, -0.2) is 13.1 Å². The van der Waals surface area contributed by atoms with Gasteiger partial charge in [-0.2, -0.15) is 0 Å². The zero-order valence-corrected chi connectivity index (χ0v) is 19.9. The first-order valence-electron chi connectivity index (χ1n) is 11.2. The lowest BCUT2D eigenvalue weighted by atomic mass is 10.2. The number of fused-ring (bicyclic) bond motifs is 1. The van der Waals surface area contributed by atoms with Gasteiger partial charge in [-0.3, -0.25) is 9.88 Å². The van der Waals surface area contributed by atoms with E-state index in [-0.39, 0.29) is 10.9 Å². The van der Waals surface area contributed by atoms with Crippen LogP contribution in [0.2, 0.25) is 0 Å². The second-order valence-corrected chi connectivity index (χ2v) is 10.5. The fourth-order valence-corrected chi connectivity index (χ4v) is 5.73. The fourth-order valence-electron chi connectivity index (χ4n) is 4.28. The molecule has 1 aliphatic rings. The molecule has 1 N–H and O–H groups in total. The van der Waals surface area contributed by atoms with E-state index in [0.29, 0.717) is 5.52 Å². The highest BCUT2D eigenvalue weighted by atomic mass is 32.2. The van der Waals surface area contributed by atoms with E-state index in [1.165, 1.54) is 11.3 Å². The predicted octanol–water partition coefficient (Wildman–Crippen LogP) is 3.73. The van der Waals surface area contributed by atoms with Gasteiger partial charge < -0.3 is 4.90 Å². The van der Waals surface area contributed by atoms with Crippen LogP contribution in [0.25, 0.3) is 10.9 Å². The first kappa shape index (κ1) is 22.7. The summed E-state index contributed by atoms with van der Waals surface area (Å²) in [6, 6.07) is 15.7. The van der Waals surface area contributed by atoms with Crippen molar-refractivity contribution < 1.29 is 8.42 Å². The predicted molar refractivity (Wildman–Crippen MR) is 131 cm³/mol. The van der Waals surface area contributed by atoms with Gasteiger partial charge in [0.05, 0.1) is 5.52 Å². The van der Waals surface area contributed by atoms with Crippen molar-refractivity contribution in [3.05, 3.63) is 65.9 Å². The molecule has 32 heavy (non-hydrogen) atoms. The molecule has 3 aromatic rings. The van der Waals surface area contributed by atoms with Crippen LogP contribution in [-0.4, -0.2) is 57.1 Å². The molecule has 170 valence electrons. The quantitative estimate of drug-likeness (QED) is 0.592. The van der Waals surface area contributed by atoms with Crippen LogP contribution in [0.1, 0.15) is 24.5 Å². The summed E-state index contributed by atoms with van der Waals surface area (Å²) in [6.07, 6.45) is 2.47. The second kappa shape index (κ2) is 9.57. The Hall–Kier alpha value is -2.48. The van der Waals surface area contributed by atoms with Gasteiger partial charge in [0.1, 0.15) is 4.90 Å². The molecule has 1 atom stereocenters. The molecule has 1 fully saturated rings. The third kappa shape index (κ3) is 5.28. The Morgan fingerprint density at radius 3 is 2.50 bits per heavy atom. The number of hydrogen-bond acceptors (Lipinski definition) is 5. The van der Waals surface area contributed by atoms with E-state index < -0.39 is 10.0 Å². The Labute approximate surface area is 191 Å². The van der Waals surface area contributed by atoms with Gasteiger partial charge in [-0.1, -0.05) is 24.3 Å². The van der Waals surface area contributed by atoms with Gasteiger partial charge in [-0.15, -0.1) is 0 Å². The number of pyridine rings is 1. The standard InChI is InChI=1S/C25H32N4O2S/c1-19-6-4-8-23(17-19)29-14-12-28(13-15-29)11-10-21(3)27-32(30,31)24-9-5-7-22-16-20(2)18-26-25(22)24/h4-9,16-18,21,27H,10-15H2,1-3H3. The third-order valence-electron chi connectivity index (χ3n) is 6.07. The highest BCUT2D eigenvalue weighted by Gasteiger charge is 2.22. The SMILES string of the molecule is Cc1cccc(N2CCN(CCC(C)NS(=O)(=O)c3cccc4cc(C)cnc34)CC2)c1. The minimum Gasteiger partial charge on any atom is -0.369 e. The molecule has 1 aliphatic heterocycles. The van der Waals surface area contributed by atoms with E-state index in [1.54, 1.807) is 18.3 Å². The van der Waals surface area contributed by atoms with Crippen LogP contribution >= 0.6 is 0 Å². The number of aromatic nitrogens is 1. The molecule has 6 nitrogen and oxygen atoms in total. The van der Waals surface area contributed by atoms with E-state index in [2.05, 4.69) is 50.7 Å². The maximum atomic E-state index is 13.0. The van der Waals surface area contributed by atoms with Crippen molar-refractivity contribution in [1.29, 1.82) is 0 Å². The van der Waals surface area contributed by atoms with Gasteiger partial charge in [-0.05, 0) is 69.1 Å². The summed E-state index contributed by atoms with van der Waals surface area (Å²) in [5, 5.41) is 0.840. The maximum Gasteiger partial charge on any atom is 0.242 e. The number of rotatable bonds is 7. The van der Waals surface area contributed by atoms with Crippen LogP contribution < -0.4 is 9.62 Å². The van der Waals surface area contributed by atoms with E-state index >= 15 is 0 Å². The Kier molecular flexibility index (Phi) is 6.79. The van der Waals surface area contributed by atoms with Crippen LogP contribution in [0.4, 0.5) is 5.69 Å². The molecule has 0 aliphatic carbocycles. The van der Waals surface area contributed by atoms with E-state index in [1.807, 2.05) is 26.0 Å². The Bertz CT molecular complexity index is 1190. The first-order valence-corrected chi connectivity index (χ1v) is 12.7. The van der Waals surface area contributed by atoms with Crippen molar-refractivity contribution >= 4 is 26.6 Å². The highest BCUT2D eigenvalue weighted by Crippen LogP contribution is 2.22. The minimum absolute atomic E-state index is 0.157. The van der Waals surface area contributed by atoms with E-state index in [4.69, 9.17) is 0 Å². The smallest absolute Gasteiger partial charge is 0.242 e. The van der Waals surface area contributed by atoms with Gasteiger partial charge in [0, 0.05) is 49.5 Å². The van der Waals surface area contributed by atoms with E-state index in [0.717, 1.165) is 50.1 Å². The zero-order chi connectivity index (χ0) is 22.7. The summed E-state index contributed by atoms with van der Waals surface area (Å²) in [7, 11) is -3.64. The Morgan fingerprint density at radius 1 is 1.00 bits per heavy atom. The molecule has 4 rings (SSSR count). The topological polar surface area (TPSA) is 65.5 Å². The molecule has 0 saturated carbocycles. The summed E-state index contributed by atoms with van der Waals surface area (Å²) >= 11 is 0. The Balaban J connectivity index is 1.32. The zero-order valence-electron chi connectivity index (χ0n) is 19.1. The number of hydrogen-bond donors (Lipinski definition) is 1. The summed E-state index contributed by atoms with van der Waals surface area (Å²) in [6.45, 7) is 10.8. The van der Waals surface area contributed by atoms with Crippen LogP contribution in [0.5, 0.6) is 0 Å². The van der Waals surface area contributed by atoms with Crippen molar-refractivity contribution in [3.63, 3.8) is 0 Å². The molecular formula is C25H32N4O2S. The van der Waals surface area contributed by atoms with Crippen LogP contribution in [-0.2, 0) is 10.0 Å². The second-order valence-electron chi connectivity index (χ2n) is 8.82. The van der Waals surface area contributed by atoms with Gasteiger partial charge >= 0.3 is 0 Å². The van der Waals surface area contributed by atoms with Gasteiger partial charge in [0.15, 0.2) is 0 Å². The molecule has 0 bridgehead atoms. The average molecular weight is 453 g/mol. The third-order valence-corrected chi connectivity index (χ3v) is 7.70. The molecule has 1 saturated heterocycles. The normalized spacial score (nSPS) is 16.4. The molecule has 2 heterocycles. The summed E-state index contributed by atoms with van der Waals surface area (Å²) in [5.74, 6) is 0. The maximum absolute atomic E-state index is 13.0. The number of nitrogens with one attached hydrogen (secondary N) is 1. The van der Waals surface area contributed by atoms with Crippen molar-refractivity contribution in [2.45, 2.75) is 38.1 Å². The summed E-state index contributed by atoms with van der Waals surface area (Å²) in [4.78, 5) is 9.46. The fraction of sp³-hybridized carbons (Fsp3) is 0.400. The van der Waals surface area contributed by atoms with Crippen LogP contribution in [0, 0.1) is 13.8 Å². The molecule has 2 aromatic carbocycles. The van der Waals surface area contributed by atoms with Crippen LogP contribution in [0.15, 0.2) is 59.6 Å². The highest BCUT2D eigenvalue weighted by molar-refractivity contribution is 7.89. The molecule has 1 aromatic heterocycles. The first-order chi connectivity index (χ1) is 15.3. The number of sulfonamides is 1. The van der Waals surface area contributed by atoms with Gasteiger partial charge in [0.2, 0.25) is 10.0 Å².